The summed E-state index contributed by atoms with van der Waals surface area (Å²) in [5.74, 6) is -0.649. The molecule has 1 aliphatic carbocycles. The first-order valence-electron chi connectivity index (χ1n) is 4.79. The molecule has 3 N–H and O–H groups in total. The van der Waals surface area contributed by atoms with Crippen molar-refractivity contribution in [1.29, 1.82) is 0 Å². The molecule has 5 nitrogen and oxygen atoms in total. The Morgan fingerprint density at radius 2 is 1.86 bits per heavy atom. The van der Waals surface area contributed by atoms with E-state index in [4.69, 9.17) is 5.73 Å². The third kappa shape index (κ3) is 3.26. The van der Waals surface area contributed by atoms with E-state index in [1.165, 1.54) is 0 Å². The number of amides is 1. The molecule has 0 bridgehead atoms. The Kier molecular flexibility index (Phi) is 3.88. The lowest BCUT2D eigenvalue weighted by Gasteiger charge is -2.21. The van der Waals surface area contributed by atoms with Crippen molar-refractivity contribution in [3.05, 3.63) is 0 Å². The number of nitrogens with one attached hydrogen (secondary N) is 1. The van der Waals surface area contributed by atoms with Crippen LogP contribution >= 0.6 is 0 Å². The van der Waals surface area contributed by atoms with Gasteiger partial charge in [0.2, 0.25) is 15.9 Å². The van der Waals surface area contributed by atoms with Gasteiger partial charge >= 0.3 is 0 Å². The summed E-state index contributed by atoms with van der Waals surface area (Å²) >= 11 is 0. The van der Waals surface area contributed by atoms with Crippen LogP contribution in [-0.2, 0) is 14.8 Å². The Bertz CT molecular complexity index is 294. The van der Waals surface area contributed by atoms with Gasteiger partial charge in [-0.05, 0) is 12.8 Å². The molecule has 0 spiro atoms. The Balaban J connectivity index is 2.50. The van der Waals surface area contributed by atoms with Crippen molar-refractivity contribution < 1.29 is 13.2 Å². The number of rotatable bonds is 4. The summed E-state index contributed by atoms with van der Waals surface area (Å²) < 4.78 is 25.4. The van der Waals surface area contributed by atoms with E-state index in [0.717, 1.165) is 19.3 Å². The van der Waals surface area contributed by atoms with E-state index in [9.17, 15) is 13.2 Å². The van der Waals surface area contributed by atoms with Crippen LogP contribution in [0.25, 0.3) is 0 Å². The highest BCUT2D eigenvalue weighted by Gasteiger charge is 2.26. The van der Waals surface area contributed by atoms with Gasteiger partial charge in [0.05, 0.1) is 11.8 Å². The minimum absolute atomic E-state index is 0.293. The Hall–Kier alpha value is -0.620. The summed E-state index contributed by atoms with van der Waals surface area (Å²) in [5, 5.41) is -0.337. The molecule has 1 saturated carbocycles. The van der Waals surface area contributed by atoms with Crippen LogP contribution in [0.1, 0.15) is 32.1 Å². The highest BCUT2D eigenvalue weighted by Crippen LogP contribution is 2.22. The van der Waals surface area contributed by atoms with Crippen LogP contribution in [0.4, 0.5) is 0 Å². The summed E-state index contributed by atoms with van der Waals surface area (Å²) in [7, 11) is -3.33. The zero-order valence-electron chi connectivity index (χ0n) is 8.03. The van der Waals surface area contributed by atoms with Gasteiger partial charge in [-0.25, -0.2) is 13.1 Å². The summed E-state index contributed by atoms with van der Waals surface area (Å²) in [4.78, 5) is 10.4. The van der Waals surface area contributed by atoms with Crippen LogP contribution in [0.15, 0.2) is 0 Å². The molecule has 0 aliphatic heterocycles. The average Bonchev–Trinajstić information content (AvgIpc) is 2.16. The second-order valence-electron chi connectivity index (χ2n) is 3.59. The first kappa shape index (κ1) is 11.5. The smallest absolute Gasteiger partial charge is 0.232 e. The number of primary amides is 1. The molecule has 1 rings (SSSR count). The summed E-state index contributed by atoms with van der Waals surface area (Å²) in [6.07, 6.45) is 4.37. The Labute approximate surface area is 84.1 Å². The predicted molar refractivity (Wildman–Crippen MR) is 53.0 cm³/mol. The quantitative estimate of drug-likeness (QED) is 0.683. The van der Waals surface area contributed by atoms with E-state index >= 15 is 0 Å². The molecule has 1 aliphatic rings. The maximum Gasteiger partial charge on any atom is 0.232 e. The average molecular weight is 220 g/mol. The normalized spacial score (nSPS) is 19.4. The Morgan fingerprint density at radius 3 is 2.36 bits per heavy atom. The molecule has 6 heteroatoms. The van der Waals surface area contributed by atoms with Crippen molar-refractivity contribution in [3.63, 3.8) is 0 Å². The van der Waals surface area contributed by atoms with Crippen LogP contribution < -0.4 is 10.5 Å². The van der Waals surface area contributed by atoms with Gasteiger partial charge in [-0.15, -0.1) is 0 Å². The largest absolute Gasteiger partial charge is 0.369 e. The first-order valence-corrected chi connectivity index (χ1v) is 6.34. The molecule has 0 heterocycles. The molecule has 0 aromatic rings. The van der Waals surface area contributed by atoms with Crippen molar-refractivity contribution in [3.8, 4) is 0 Å². The maximum absolute atomic E-state index is 11.6. The van der Waals surface area contributed by atoms with Crippen molar-refractivity contribution >= 4 is 15.9 Å². The van der Waals surface area contributed by atoms with Crippen LogP contribution in [0, 0.1) is 0 Å². The highest BCUT2D eigenvalue weighted by atomic mass is 32.2. The second kappa shape index (κ2) is 4.75. The van der Waals surface area contributed by atoms with E-state index in [2.05, 4.69) is 4.72 Å². The lowest BCUT2D eigenvalue weighted by molar-refractivity contribution is -0.116. The van der Waals surface area contributed by atoms with E-state index in [1.807, 2.05) is 0 Å². The number of sulfonamides is 1. The lowest BCUT2D eigenvalue weighted by Crippen LogP contribution is -2.40. The summed E-state index contributed by atoms with van der Waals surface area (Å²) in [5.41, 5.74) is 4.86. The number of carbonyl (C=O) groups is 1. The number of carbonyl (C=O) groups excluding carboxylic acids is 1. The standard InChI is InChI=1S/C8H16N2O3S/c9-8(11)6-10-14(12,13)7-4-2-1-3-5-7/h7,10H,1-6H2,(H2,9,11). The fraction of sp³-hybridized carbons (Fsp3) is 0.875. The highest BCUT2D eigenvalue weighted by molar-refractivity contribution is 7.90. The SMILES string of the molecule is NC(=O)CNS(=O)(=O)C1CCCCC1. The minimum Gasteiger partial charge on any atom is -0.369 e. The number of hydrogen-bond donors (Lipinski definition) is 2. The van der Waals surface area contributed by atoms with E-state index in [-0.39, 0.29) is 11.8 Å². The van der Waals surface area contributed by atoms with Crippen molar-refractivity contribution in [2.75, 3.05) is 6.54 Å². The third-order valence-corrected chi connectivity index (χ3v) is 4.33. The van der Waals surface area contributed by atoms with Crippen molar-refractivity contribution in [1.82, 2.24) is 4.72 Å². The van der Waals surface area contributed by atoms with Crippen LogP contribution in [0.2, 0.25) is 0 Å². The van der Waals surface area contributed by atoms with Gasteiger partial charge < -0.3 is 5.73 Å². The van der Waals surface area contributed by atoms with Crippen LogP contribution in [0.3, 0.4) is 0 Å². The lowest BCUT2D eigenvalue weighted by atomic mass is 10.0. The van der Waals surface area contributed by atoms with Gasteiger partial charge in [-0.1, -0.05) is 19.3 Å². The van der Waals surface area contributed by atoms with Crippen LogP contribution in [0.5, 0.6) is 0 Å². The third-order valence-electron chi connectivity index (χ3n) is 2.44. The molecule has 0 aromatic heterocycles. The molecule has 0 unspecified atom stereocenters. The second-order valence-corrected chi connectivity index (χ2v) is 5.64. The van der Waals surface area contributed by atoms with Crippen LogP contribution in [-0.4, -0.2) is 26.1 Å². The number of hydrogen-bond acceptors (Lipinski definition) is 3. The number of nitrogens with two attached hydrogens (primary N) is 1. The minimum atomic E-state index is -3.33. The molecule has 14 heavy (non-hydrogen) atoms. The molecule has 0 radical (unpaired) electrons. The zero-order valence-corrected chi connectivity index (χ0v) is 8.85. The molecule has 0 aromatic carbocycles. The van der Waals surface area contributed by atoms with Crippen molar-refractivity contribution in [2.24, 2.45) is 5.73 Å². The molecule has 1 fully saturated rings. The Morgan fingerprint density at radius 1 is 1.29 bits per heavy atom. The maximum atomic E-state index is 11.6. The molecule has 1 amide bonds. The fourth-order valence-electron chi connectivity index (χ4n) is 1.67. The molecule has 82 valence electrons. The van der Waals surface area contributed by atoms with Gasteiger partial charge in [0.1, 0.15) is 0 Å². The van der Waals surface area contributed by atoms with Gasteiger partial charge in [-0.3, -0.25) is 4.79 Å². The van der Waals surface area contributed by atoms with Gasteiger partial charge in [0.25, 0.3) is 0 Å². The van der Waals surface area contributed by atoms with Gasteiger partial charge in [0.15, 0.2) is 0 Å². The van der Waals surface area contributed by atoms with Gasteiger partial charge in [0, 0.05) is 0 Å². The summed E-state index contributed by atoms with van der Waals surface area (Å²) in [6.45, 7) is -0.293. The zero-order chi connectivity index (χ0) is 10.6. The molecule has 0 atom stereocenters. The van der Waals surface area contributed by atoms with Crippen molar-refractivity contribution in [2.45, 2.75) is 37.4 Å². The van der Waals surface area contributed by atoms with E-state index < -0.39 is 15.9 Å². The topological polar surface area (TPSA) is 89.3 Å². The molecular weight excluding hydrogens is 204 g/mol. The van der Waals surface area contributed by atoms with E-state index in [0.29, 0.717) is 12.8 Å². The van der Waals surface area contributed by atoms with Gasteiger partial charge in [-0.2, -0.15) is 0 Å². The molecular formula is C8H16N2O3S. The summed E-state index contributed by atoms with van der Waals surface area (Å²) in [6, 6.07) is 0. The predicted octanol–water partition coefficient (Wildman–Crippen LogP) is -0.276. The molecule has 0 saturated heterocycles. The monoisotopic (exact) mass is 220 g/mol. The fourth-order valence-corrected chi connectivity index (χ4v) is 3.20. The first-order chi connectivity index (χ1) is 6.52. The van der Waals surface area contributed by atoms with E-state index in [1.54, 1.807) is 0 Å².